The van der Waals surface area contributed by atoms with Crippen LogP contribution in [-0.2, 0) is 6.42 Å². The highest BCUT2D eigenvalue weighted by molar-refractivity contribution is 6.05. The fourth-order valence-corrected chi connectivity index (χ4v) is 3.20. The molecule has 8 heteroatoms. The van der Waals surface area contributed by atoms with Gasteiger partial charge in [0.05, 0.1) is 28.8 Å². The van der Waals surface area contributed by atoms with Gasteiger partial charge in [-0.25, -0.2) is 4.68 Å². The molecule has 2 aromatic carbocycles. The van der Waals surface area contributed by atoms with E-state index in [1.807, 2.05) is 74.0 Å². The van der Waals surface area contributed by atoms with Crippen molar-refractivity contribution in [2.45, 2.75) is 27.2 Å². The summed E-state index contributed by atoms with van der Waals surface area (Å²) >= 11 is 0. The van der Waals surface area contributed by atoms with Gasteiger partial charge >= 0.3 is 0 Å². The molecule has 0 radical (unpaired) electrons. The zero-order valence-electron chi connectivity index (χ0n) is 16.5. The Kier molecular flexibility index (Phi) is 4.90. The molecule has 0 saturated carbocycles. The van der Waals surface area contributed by atoms with Crippen LogP contribution >= 0.6 is 0 Å². The molecule has 2 aromatic heterocycles. The summed E-state index contributed by atoms with van der Waals surface area (Å²) < 4.78 is 3.43. The summed E-state index contributed by atoms with van der Waals surface area (Å²) in [5.74, 6) is 0.465. The molecule has 1 N–H and O–H groups in total. The number of carbonyl (C=O) groups excluding carboxylic acids is 1. The summed E-state index contributed by atoms with van der Waals surface area (Å²) in [6.45, 7) is 5.87. The molecule has 0 aliphatic heterocycles. The van der Waals surface area contributed by atoms with Gasteiger partial charge in [0.1, 0.15) is 0 Å². The molecular formula is C21H21N7O. The van der Waals surface area contributed by atoms with E-state index in [1.165, 1.54) is 5.56 Å². The second-order valence-corrected chi connectivity index (χ2v) is 6.75. The number of hydrogen-bond acceptors (Lipinski definition) is 5. The van der Waals surface area contributed by atoms with Crippen molar-refractivity contribution in [1.29, 1.82) is 0 Å². The van der Waals surface area contributed by atoms with Gasteiger partial charge in [0, 0.05) is 5.69 Å². The van der Waals surface area contributed by atoms with Crippen molar-refractivity contribution in [1.82, 2.24) is 30.0 Å². The van der Waals surface area contributed by atoms with Gasteiger partial charge < -0.3 is 5.32 Å². The first-order chi connectivity index (χ1) is 14.1. The van der Waals surface area contributed by atoms with Gasteiger partial charge in [-0.05, 0) is 61.0 Å². The zero-order valence-corrected chi connectivity index (χ0v) is 16.5. The van der Waals surface area contributed by atoms with Crippen LogP contribution in [0.4, 0.5) is 5.69 Å². The molecule has 0 unspecified atom stereocenters. The van der Waals surface area contributed by atoms with Crippen LogP contribution in [-0.4, -0.2) is 35.9 Å². The molecular weight excluding hydrogens is 366 g/mol. The summed E-state index contributed by atoms with van der Waals surface area (Å²) in [6, 6.07) is 15.5. The summed E-state index contributed by atoms with van der Waals surface area (Å²) in [5.41, 5.74) is 4.96. The van der Waals surface area contributed by atoms with Crippen molar-refractivity contribution in [2.24, 2.45) is 0 Å². The standard InChI is InChI=1S/C21H21N7O/c1-4-20-19(13-22-28(20)17-10-8-14(2)9-11-17)21(29)23-16-6-5-7-18(12-16)27-15(3)24-25-26-27/h5-13H,4H2,1-3H3,(H,23,29). The highest BCUT2D eigenvalue weighted by Crippen LogP contribution is 2.19. The number of amides is 1. The number of anilines is 1. The first-order valence-electron chi connectivity index (χ1n) is 9.37. The lowest BCUT2D eigenvalue weighted by molar-refractivity contribution is 0.102. The van der Waals surface area contributed by atoms with E-state index in [0.29, 0.717) is 23.5 Å². The molecule has 0 aliphatic rings. The van der Waals surface area contributed by atoms with E-state index >= 15 is 0 Å². The van der Waals surface area contributed by atoms with Gasteiger partial charge in [-0.1, -0.05) is 30.7 Å². The van der Waals surface area contributed by atoms with Crippen LogP contribution in [0.15, 0.2) is 54.7 Å². The van der Waals surface area contributed by atoms with E-state index in [0.717, 1.165) is 17.1 Å². The van der Waals surface area contributed by atoms with E-state index in [1.54, 1.807) is 10.9 Å². The third-order valence-corrected chi connectivity index (χ3v) is 4.70. The van der Waals surface area contributed by atoms with Crippen LogP contribution in [0.3, 0.4) is 0 Å². The molecule has 4 aromatic rings. The number of rotatable bonds is 5. The lowest BCUT2D eigenvalue weighted by atomic mass is 10.1. The van der Waals surface area contributed by atoms with Gasteiger partial charge in [-0.3, -0.25) is 4.79 Å². The molecule has 4 rings (SSSR count). The molecule has 0 fully saturated rings. The largest absolute Gasteiger partial charge is 0.322 e. The van der Waals surface area contributed by atoms with E-state index in [2.05, 4.69) is 25.9 Å². The van der Waals surface area contributed by atoms with Crippen molar-refractivity contribution < 1.29 is 4.79 Å². The van der Waals surface area contributed by atoms with E-state index < -0.39 is 0 Å². The molecule has 1 amide bonds. The average molecular weight is 387 g/mol. The number of nitrogens with one attached hydrogen (secondary N) is 1. The van der Waals surface area contributed by atoms with E-state index in [4.69, 9.17) is 0 Å². The number of aromatic nitrogens is 6. The minimum atomic E-state index is -0.203. The Balaban J connectivity index is 1.61. The van der Waals surface area contributed by atoms with Crippen LogP contribution in [0.25, 0.3) is 11.4 Å². The predicted octanol–water partition coefficient (Wildman–Crippen LogP) is 3.28. The molecule has 0 aliphatic carbocycles. The van der Waals surface area contributed by atoms with Crippen molar-refractivity contribution in [3.8, 4) is 11.4 Å². The monoisotopic (exact) mass is 387 g/mol. The summed E-state index contributed by atoms with van der Waals surface area (Å²) in [6.07, 6.45) is 2.30. The van der Waals surface area contributed by atoms with Crippen molar-refractivity contribution in [3.05, 3.63) is 77.4 Å². The highest BCUT2D eigenvalue weighted by atomic mass is 16.1. The smallest absolute Gasteiger partial charge is 0.259 e. The molecule has 29 heavy (non-hydrogen) atoms. The fraction of sp³-hybridized carbons (Fsp3) is 0.190. The number of nitrogens with zero attached hydrogens (tertiary/aromatic N) is 6. The third kappa shape index (κ3) is 3.64. The van der Waals surface area contributed by atoms with Gasteiger partial charge in [0.2, 0.25) is 0 Å². The minimum Gasteiger partial charge on any atom is -0.322 e. The SMILES string of the molecule is CCc1c(C(=O)Nc2cccc(-n3nnnc3C)c2)cnn1-c1ccc(C)cc1. The quantitative estimate of drug-likeness (QED) is 0.567. The average Bonchev–Trinajstić information content (AvgIpc) is 3.35. The topological polar surface area (TPSA) is 90.5 Å². The number of benzene rings is 2. The van der Waals surface area contributed by atoms with Crippen LogP contribution < -0.4 is 5.32 Å². The molecule has 0 saturated heterocycles. The second kappa shape index (κ2) is 7.67. The fourth-order valence-electron chi connectivity index (χ4n) is 3.20. The number of tetrazole rings is 1. The van der Waals surface area contributed by atoms with Crippen molar-refractivity contribution in [2.75, 3.05) is 5.32 Å². The Morgan fingerprint density at radius 1 is 1.03 bits per heavy atom. The molecule has 2 heterocycles. The second-order valence-electron chi connectivity index (χ2n) is 6.75. The maximum Gasteiger partial charge on any atom is 0.259 e. The first kappa shape index (κ1) is 18.5. The molecule has 146 valence electrons. The predicted molar refractivity (Wildman–Crippen MR) is 110 cm³/mol. The van der Waals surface area contributed by atoms with Crippen LogP contribution in [0, 0.1) is 13.8 Å². The van der Waals surface area contributed by atoms with Crippen molar-refractivity contribution in [3.63, 3.8) is 0 Å². The van der Waals surface area contributed by atoms with Gasteiger partial charge in [-0.15, -0.1) is 5.10 Å². The molecule has 0 atom stereocenters. The van der Waals surface area contributed by atoms with Crippen LogP contribution in [0.1, 0.15) is 34.4 Å². The third-order valence-electron chi connectivity index (χ3n) is 4.70. The summed E-state index contributed by atoms with van der Waals surface area (Å²) in [5, 5.41) is 18.9. The number of aryl methyl sites for hydroxylation is 2. The maximum absolute atomic E-state index is 12.9. The van der Waals surface area contributed by atoms with Crippen LogP contribution in [0.2, 0.25) is 0 Å². The van der Waals surface area contributed by atoms with Crippen LogP contribution in [0.5, 0.6) is 0 Å². The lowest BCUT2D eigenvalue weighted by Gasteiger charge is -2.10. The van der Waals surface area contributed by atoms with Crippen molar-refractivity contribution >= 4 is 11.6 Å². The molecule has 0 spiro atoms. The van der Waals surface area contributed by atoms with Gasteiger partial charge in [0.15, 0.2) is 5.82 Å². The normalized spacial score (nSPS) is 10.9. The summed E-state index contributed by atoms with van der Waals surface area (Å²) in [7, 11) is 0. The van der Waals surface area contributed by atoms with E-state index in [9.17, 15) is 4.79 Å². The molecule has 8 nitrogen and oxygen atoms in total. The number of hydrogen-bond donors (Lipinski definition) is 1. The Morgan fingerprint density at radius 3 is 2.52 bits per heavy atom. The first-order valence-corrected chi connectivity index (χ1v) is 9.37. The molecule has 0 bridgehead atoms. The highest BCUT2D eigenvalue weighted by Gasteiger charge is 2.17. The summed E-state index contributed by atoms with van der Waals surface area (Å²) in [4.78, 5) is 12.9. The van der Waals surface area contributed by atoms with Gasteiger partial charge in [0.25, 0.3) is 5.91 Å². The maximum atomic E-state index is 12.9. The van der Waals surface area contributed by atoms with E-state index in [-0.39, 0.29) is 5.91 Å². The zero-order chi connectivity index (χ0) is 20.4. The van der Waals surface area contributed by atoms with Gasteiger partial charge in [-0.2, -0.15) is 9.78 Å². The minimum absolute atomic E-state index is 0.203. The Bertz CT molecular complexity index is 1160. The Hall–Kier alpha value is -3.81. The number of carbonyl (C=O) groups is 1. The lowest BCUT2D eigenvalue weighted by Crippen LogP contribution is -2.14. The Labute approximate surface area is 168 Å². The Morgan fingerprint density at radius 2 is 1.83 bits per heavy atom.